The van der Waals surface area contributed by atoms with Crippen LogP contribution in [-0.2, 0) is 0 Å². The number of hydrogen-bond acceptors (Lipinski definition) is 2. The molecule has 0 atom stereocenters. The van der Waals surface area contributed by atoms with Crippen molar-refractivity contribution in [3.05, 3.63) is 23.3 Å². The van der Waals surface area contributed by atoms with Crippen LogP contribution in [0.15, 0.2) is 12.1 Å². The highest BCUT2D eigenvalue weighted by molar-refractivity contribution is 5.52. The summed E-state index contributed by atoms with van der Waals surface area (Å²) in [4.78, 5) is 0. The van der Waals surface area contributed by atoms with E-state index < -0.39 is 0 Å². The molecule has 1 rings (SSSR count). The van der Waals surface area contributed by atoms with Crippen LogP contribution in [0.4, 0.5) is 5.69 Å². The number of nitrogen functional groups attached to an aromatic ring is 1. The maximum atomic E-state index is 5.73. The average molecular weight is 203 g/mol. The molecule has 0 aliphatic heterocycles. The fourth-order valence-electron chi connectivity index (χ4n) is 1.54. The van der Waals surface area contributed by atoms with Gasteiger partial charge in [0.05, 0.1) is 6.61 Å². The Balaban J connectivity index is 2.71. The standard InChI is InChI=1S/C13H17NO/c1-4-5-6-7-15-13-10(2)8-12(14)9-11(13)3/h8-9H,6-7,14H2,1-3H3. The van der Waals surface area contributed by atoms with E-state index in [1.165, 1.54) is 0 Å². The van der Waals surface area contributed by atoms with E-state index in [9.17, 15) is 0 Å². The predicted octanol–water partition coefficient (Wildman–Crippen LogP) is 2.68. The Morgan fingerprint density at radius 2 is 1.87 bits per heavy atom. The summed E-state index contributed by atoms with van der Waals surface area (Å²) in [7, 11) is 0. The Bertz CT molecular complexity index is 376. The lowest BCUT2D eigenvalue weighted by Gasteiger charge is -2.11. The molecule has 0 unspecified atom stereocenters. The molecule has 80 valence electrons. The fourth-order valence-corrected chi connectivity index (χ4v) is 1.54. The van der Waals surface area contributed by atoms with Crippen LogP contribution < -0.4 is 10.5 Å². The molecular formula is C13H17NO. The Morgan fingerprint density at radius 1 is 1.27 bits per heavy atom. The van der Waals surface area contributed by atoms with E-state index in [4.69, 9.17) is 10.5 Å². The lowest BCUT2D eigenvalue weighted by Crippen LogP contribution is -2.00. The summed E-state index contributed by atoms with van der Waals surface area (Å²) in [6.07, 6.45) is 0.764. The molecule has 1 aromatic rings. The van der Waals surface area contributed by atoms with Crippen LogP contribution in [0, 0.1) is 25.7 Å². The molecule has 0 aliphatic rings. The summed E-state index contributed by atoms with van der Waals surface area (Å²) < 4.78 is 5.67. The molecule has 2 heteroatoms. The van der Waals surface area contributed by atoms with E-state index in [0.717, 1.165) is 29.0 Å². The zero-order valence-corrected chi connectivity index (χ0v) is 9.55. The molecule has 0 saturated carbocycles. The van der Waals surface area contributed by atoms with Crippen LogP contribution >= 0.6 is 0 Å². The molecule has 0 aromatic heterocycles. The lowest BCUT2D eigenvalue weighted by molar-refractivity contribution is 0.323. The Kier molecular flexibility index (Phi) is 4.05. The fraction of sp³-hybridized carbons (Fsp3) is 0.385. The van der Waals surface area contributed by atoms with Crippen LogP contribution in [0.3, 0.4) is 0 Å². The summed E-state index contributed by atoms with van der Waals surface area (Å²) in [5.74, 6) is 6.74. The zero-order chi connectivity index (χ0) is 11.3. The highest BCUT2D eigenvalue weighted by Crippen LogP contribution is 2.25. The molecule has 1 aromatic carbocycles. The molecule has 2 N–H and O–H groups in total. The second kappa shape index (κ2) is 5.31. The number of hydrogen-bond donors (Lipinski definition) is 1. The Labute approximate surface area is 91.4 Å². The SMILES string of the molecule is CC#CCCOc1c(C)cc(N)cc1C. The van der Waals surface area contributed by atoms with E-state index in [1.807, 2.05) is 32.9 Å². The van der Waals surface area contributed by atoms with Crippen molar-refractivity contribution in [2.75, 3.05) is 12.3 Å². The number of nitrogens with two attached hydrogens (primary N) is 1. The third-order valence-corrected chi connectivity index (χ3v) is 2.13. The quantitative estimate of drug-likeness (QED) is 0.465. The minimum absolute atomic E-state index is 0.631. The molecule has 0 radical (unpaired) electrons. The smallest absolute Gasteiger partial charge is 0.125 e. The van der Waals surface area contributed by atoms with Gasteiger partial charge in [0.25, 0.3) is 0 Å². The summed E-state index contributed by atoms with van der Waals surface area (Å²) in [5.41, 5.74) is 8.67. The van der Waals surface area contributed by atoms with Gasteiger partial charge in [-0.1, -0.05) is 0 Å². The second-order valence-electron chi connectivity index (χ2n) is 3.51. The monoisotopic (exact) mass is 203 g/mol. The van der Waals surface area contributed by atoms with E-state index in [1.54, 1.807) is 0 Å². The van der Waals surface area contributed by atoms with E-state index >= 15 is 0 Å². The van der Waals surface area contributed by atoms with Crippen molar-refractivity contribution < 1.29 is 4.74 Å². The van der Waals surface area contributed by atoms with Gasteiger partial charge in [0.1, 0.15) is 5.75 Å². The Hall–Kier alpha value is -1.62. The van der Waals surface area contributed by atoms with Crippen LogP contribution in [0.2, 0.25) is 0 Å². The minimum Gasteiger partial charge on any atom is -0.492 e. The Morgan fingerprint density at radius 3 is 2.40 bits per heavy atom. The number of ether oxygens (including phenoxy) is 1. The van der Waals surface area contributed by atoms with E-state index in [-0.39, 0.29) is 0 Å². The van der Waals surface area contributed by atoms with Gasteiger partial charge < -0.3 is 10.5 Å². The van der Waals surface area contributed by atoms with Gasteiger partial charge in [-0.05, 0) is 44.0 Å². The summed E-state index contributed by atoms with van der Waals surface area (Å²) in [6, 6.07) is 3.85. The predicted molar refractivity (Wildman–Crippen MR) is 63.9 cm³/mol. The molecule has 0 bridgehead atoms. The molecule has 0 aliphatic carbocycles. The first-order valence-electron chi connectivity index (χ1n) is 5.04. The molecule has 2 nitrogen and oxygen atoms in total. The highest BCUT2D eigenvalue weighted by Gasteiger charge is 2.04. The van der Waals surface area contributed by atoms with Crippen molar-refractivity contribution in [2.45, 2.75) is 27.2 Å². The van der Waals surface area contributed by atoms with Crippen LogP contribution in [0.1, 0.15) is 24.5 Å². The molecule has 0 heterocycles. The minimum atomic E-state index is 0.631. The van der Waals surface area contributed by atoms with Gasteiger partial charge in [0.2, 0.25) is 0 Å². The van der Waals surface area contributed by atoms with Gasteiger partial charge in [-0.25, -0.2) is 0 Å². The zero-order valence-electron chi connectivity index (χ0n) is 9.55. The summed E-state index contributed by atoms with van der Waals surface area (Å²) in [5, 5.41) is 0. The van der Waals surface area contributed by atoms with Gasteiger partial charge in [0.15, 0.2) is 0 Å². The average Bonchev–Trinajstić information content (AvgIpc) is 2.15. The maximum absolute atomic E-state index is 5.73. The first-order chi connectivity index (χ1) is 7.15. The van der Waals surface area contributed by atoms with Crippen molar-refractivity contribution in [3.8, 4) is 17.6 Å². The van der Waals surface area contributed by atoms with Crippen LogP contribution in [0.25, 0.3) is 0 Å². The highest BCUT2D eigenvalue weighted by atomic mass is 16.5. The molecular weight excluding hydrogens is 186 g/mol. The van der Waals surface area contributed by atoms with Gasteiger partial charge in [-0.2, -0.15) is 0 Å². The van der Waals surface area contributed by atoms with Crippen LogP contribution in [-0.4, -0.2) is 6.61 Å². The van der Waals surface area contributed by atoms with Gasteiger partial charge in [0, 0.05) is 12.1 Å². The number of benzene rings is 1. The van der Waals surface area contributed by atoms with E-state index in [0.29, 0.717) is 6.61 Å². The molecule has 0 spiro atoms. The molecule has 0 amide bonds. The largest absolute Gasteiger partial charge is 0.492 e. The normalized spacial score (nSPS) is 9.27. The van der Waals surface area contributed by atoms with Gasteiger partial charge in [-0.3, -0.25) is 0 Å². The lowest BCUT2D eigenvalue weighted by atomic mass is 10.1. The summed E-state index contributed by atoms with van der Waals surface area (Å²) in [6.45, 7) is 6.47. The second-order valence-corrected chi connectivity index (χ2v) is 3.51. The first-order valence-corrected chi connectivity index (χ1v) is 5.04. The first kappa shape index (κ1) is 11.5. The number of anilines is 1. The van der Waals surface area contributed by atoms with Gasteiger partial charge >= 0.3 is 0 Å². The third-order valence-electron chi connectivity index (χ3n) is 2.13. The van der Waals surface area contributed by atoms with Crippen LogP contribution in [0.5, 0.6) is 5.75 Å². The topological polar surface area (TPSA) is 35.2 Å². The van der Waals surface area contributed by atoms with Crippen molar-refractivity contribution in [1.29, 1.82) is 0 Å². The van der Waals surface area contributed by atoms with Crippen molar-refractivity contribution in [1.82, 2.24) is 0 Å². The van der Waals surface area contributed by atoms with Gasteiger partial charge in [-0.15, -0.1) is 11.8 Å². The molecule has 0 fully saturated rings. The van der Waals surface area contributed by atoms with Crippen molar-refractivity contribution >= 4 is 5.69 Å². The third kappa shape index (κ3) is 3.21. The summed E-state index contributed by atoms with van der Waals surface area (Å²) >= 11 is 0. The number of aryl methyl sites for hydroxylation is 2. The molecule has 15 heavy (non-hydrogen) atoms. The number of rotatable bonds is 3. The van der Waals surface area contributed by atoms with E-state index in [2.05, 4.69) is 11.8 Å². The van der Waals surface area contributed by atoms with Crippen molar-refractivity contribution in [2.24, 2.45) is 0 Å². The van der Waals surface area contributed by atoms with Crippen molar-refractivity contribution in [3.63, 3.8) is 0 Å². The maximum Gasteiger partial charge on any atom is 0.125 e. The molecule has 0 saturated heterocycles.